The minimum atomic E-state index is -0.874. The van der Waals surface area contributed by atoms with Gasteiger partial charge in [-0.3, -0.25) is 4.68 Å². The number of alkyl carbamates (subject to hydrolysis) is 1. The summed E-state index contributed by atoms with van der Waals surface area (Å²) >= 11 is 0. The second-order valence-electron chi connectivity index (χ2n) is 12.4. The fraction of sp³-hybridized carbons (Fsp3) is 0.679. The Hall–Kier alpha value is -3.44. The van der Waals surface area contributed by atoms with Gasteiger partial charge in [0.2, 0.25) is 5.95 Å². The van der Waals surface area contributed by atoms with Crippen molar-refractivity contribution >= 4 is 34.7 Å². The third-order valence-electron chi connectivity index (χ3n) is 6.68. The molecule has 0 unspecified atom stereocenters. The standard InChI is InChI=1S/C28H44FN9O2/c1-8-20-21(17-37(35-20)14-11-9-10-13-30-26(39)40-28(5,6)7)32-23-22-24(38(18-31-22)27(2,3)4)34-25(33-23)36-15-12-19(29)16-36/h17-19H,8-16H2,1-7H3,(H,30,39)(H,32,33,34)/t19-/m0/s1. The number of nitrogens with one attached hydrogen (secondary N) is 2. The molecule has 1 atom stereocenters. The number of ether oxygens (including phenoxy) is 1. The van der Waals surface area contributed by atoms with Crippen LogP contribution in [0, 0.1) is 0 Å². The number of hydrogen-bond acceptors (Lipinski definition) is 8. The van der Waals surface area contributed by atoms with Crippen molar-refractivity contribution in [2.75, 3.05) is 29.9 Å². The summed E-state index contributed by atoms with van der Waals surface area (Å²) in [7, 11) is 0. The number of carbonyl (C=O) groups excluding carboxylic acids is 1. The van der Waals surface area contributed by atoms with Crippen molar-refractivity contribution in [2.24, 2.45) is 0 Å². The molecule has 0 aliphatic carbocycles. The lowest BCUT2D eigenvalue weighted by molar-refractivity contribution is 0.0527. The second-order valence-corrected chi connectivity index (χ2v) is 12.4. The molecule has 4 rings (SSSR count). The Balaban J connectivity index is 1.45. The molecule has 0 aromatic carbocycles. The predicted octanol–water partition coefficient (Wildman–Crippen LogP) is 5.33. The van der Waals surface area contributed by atoms with Crippen molar-refractivity contribution in [3.05, 3.63) is 18.2 Å². The van der Waals surface area contributed by atoms with E-state index in [1.165, 1.54) is 0 Å². The topological polar surface area (TPSA) is 115 Å². The van der Waals surface area contributed by atoms with Gasteiger partial charge >= 0.3 is 6.09 Å². The van der Waals surface area contributed by atoms with Crippen molar-refractivity contribution in [1.29, 1.82) is 0 Å². The Kier molecular flexibility index (Phi) is 8.84. The molecule has 1 saturated heterocycles. The molecule has 4 heterocycles. The van der Waals surface area contributed by atoms with E-state index >= 15 is 0 Å². The molecule has 40 heavy (non-hydrogen) atoms. The molecule has 0 radical (unpaired) electrons. The van der Waals surface area contributed by atoms with Gasteiger partial charge in [0.15, 0.2) is 17.0 Å². The van der Waals surface area contributed by atoms with Gasteiger partial charge in [0.25, 0.3) is 0 Å². The lowest BCUT2D eigenvalue weighted by atomic mass is 10.1. The number of amides is 1. The summed E-state index contributed by atoms with van der Waals surface area (Å²) < 4.78 is 23.3. The highest BCUT2D eigenvalue weighted by atomic mass is 19.1. The van der Waals surface area contributed by atoms with E-state index in [0.717, 1.165) is 43.6 Å². The number of carbonyl (C=O) groups is 1. The number of rotatable bonds is 10. The van der Waals surface area contributed by atoms with Crippen LogP contribution in [0.3, 0.4) is 0 Å². The van der Waals surface area contributed by atoms with Gasteiger partial charge in [0.1, 0.15) is 11.8 Å². The first kappa shape index (κ1) is 29.5. The van der Waals surface area contributed by atoms with Gasteiger partial charge in [-0.15, -0.1) is 0 Å². The number of aromatic nitrogens is 6. The molecule has 3 aromatic heterocycles. The molecule has 1 aliphatic heterocycles. The Labute approximate surface area is 235 Å². The molecule has 2 N–H and O–H groups in total. The van der Waals surface area contributed by atoms with Crippen molar-refractivity contribution in [3.8, 4) is 0 Å². The fourth-order valence-electron chi connectivity index (χ4n) is 4.66. The lowest BCUT2D eigenvalue weighted by Crippen LogP contribution is -2.33. The summed E-state index contributed by atoms with van der Waals surface area (Å²) in [6.07, 6.45) is 6.50. The minimum absolute atomic E-state index is 0.229. The van der Waals surface area contributed by atoms with Gasteiger partial charge in [0.05, 0.1) is 24.3 Å². The number of aryl methyl sites for hydroxylation is 2. The smallest absolute Gasteiger partial charge is 0.407 e. The molecule has 220 valence electrons. The normalized spacial score (nSPS) is 16.1. The molecule has 0 saturated carbocycles. The molecule has 1 fully saturated rings. The summed E-state index contributed by atoms with van der Waals surface area (Å²) in [6.45, 7) is 16.1. The van der Waals surface area contributed by atoms with Crippen LogP contribution in [0.2, 0.25) is 0 Å². The number of halogens is 1. The van der Waals surface area contributed by atoms with E-state index in [4.69, 9.17) is 19.8 Å². The third kappa shape index (κ3) is 7.39. The van der Waals surface area contributed by atoms with E-state index in [9.17, 15) is 9.18 Å². The summed E-state index contributed by atoms with van der Waals surface area (Å²) in [6, 6.07) is 0. The van der Waals surface area contributed by atoms with E-state index in [0.29, 0.717) is 49.0 Å². The molecular formula is C28H44FN9O2. The SMILES string of the molecule is CCc1nn(CCCCCNC(=O)OC(C)(C)C)cc1Nc1nc(N2CC[C@H](F)C2)nc2c1ncn2C(C)(C)C. The van der Waals surface area contributed by atoms with E-state index in [1.54, 1.807) is 6.33 Å². The van der Waals surface area contributed by atoms with Crippen molar-refractivity contribution < 1.29 is 13.9 Å². The highest BCUT2D eigenvalue weighted by molar-refractivity contribution is 5.87. The summed E-state index contributed by atoms with van der Waals surface area (Å²) in [5.74, 6) is 1.10. The fourth-order valence-corrected chi connectivity index (χ4v) is 4.66. The first-order valence-electron chi connectivity index (χ1n) is 14.3. The Morgan fingerprint density at radius 1 is 1.15 bits per heavy atom. The second kappa shape index (κ2) is 12.0. The molecule has 12 heteroatoms. The average molecular weight is 558 g/mol. The van der Waals surface area contributed by atoms with Gasteiger partial charge < -0.3 is 24.8 Å². The van der Waals surface area contributed by atoms with Crippen LogP contribution in [0.1, 0.15) is 79.8 Å². The Morgan fingerprint density at radius 3 is 2.58 bits per heavy atom. The average Bonchev–Trinajstić information content (AvgIpc) is 3.58. The molecule has 1 amide bonds. The van der Waals surface area contributed by atoms with E-state index in [-0.39, 0.29) is 11.6 Å². The van der Waals surface area contributed by atoms with Gasteiger partial charge in [0, 0.05) is 31.4 Å². The van der Waals surface area contributed by atoms with Crippen LogP contribution in [-0.2, 0) is 23.2 Å². The van der Waals surface area contributed by atoms with Gasteiger partial charge in [-0.1, -0.05) is 6.92 Å². The summed E-state index contributed by atoms with van der Waals surface area (Å²) in [4.78, 5) is 28.0. The lowest BCUT2D eigenvalue weighted by Gasteiger charge is -2.22. The van der Waals surface area contributed by atoms with Crippen LogP contribution in [0.4, 0.5) is 26.6 Å². The van der Waals surface area contributed by atoms with E-state index < -0.39 is 11.8 Å². The van der Waals surface area contributed by atoms with Crippen LogP contribution in [-0.4, -0.2) is 66.8 Å². The van der Waals surface area contributed by atoms with Crippen LogP contribution in [0.15, 0.2) is 12.5 Å². The summed E-state index contributed by atoms with van der Waals surface area (Å²) in [5, 5.41) is 11.1. The maximum absolute atomic E-state index is 14.0. The molecule has 0 spiro atoms. The number of alkyl halides is 1. The molecule has 3 aromatic rings. The van der Waals surface area contributed by atoms with Crippen LogP contribution >= 0.6 is 0 Å². The van der Waals surface area contributed by atoms with Gasteiger partial charge in [-0.2, -0.15) is 15.1 Å². The molecular weight excluding hydrogens is 513 g/mol. The first-order chi connectivity index (χ1) is 18.8. The Morgan fingerprint density at radius 2 is 1.93 bits per heavy atom. The zero-order chi connectivity index (χ0) is 29.1. The Bertz CT molecular complexity index is 1310. The largest absolute Gasteiger partial charge is 0.444 e. The quantitative estimate of drug-likeness (QED) is 0.322. The maximum Gasteiger partial charge on any atom is 0.407 e. The number of hydrogen-bond donors (Lipinski definition) is 2. The van der Waals surface area contributed by atoms with Crippen LogP contribution in [0.5, 0.6) is 0 Å². The van der Waals surface area contributed by atoms with Gasteiger partial charge in [-0.05, 0) is 73.6 Å². The third-order valence-corrected chi connectivity index (χ3v) is 6.68. The van der Waals surface area contributed by atoms with Gasteiger partial charge in [-0.25, -0.2) is 14.2 Å². The molecule has 1 aliphatic rings. The van der Waals surface area contributed by atoms with Crippen LogP contribution < -0.4 is 15.5 Å². The first-order valence-corrected chi connectivity index (χ1v) is 14.3. The minimum Gasteiger partial charge on any atom is -0.444 e. The van der Waals surface area contributed by atoms with E-state index in [1.807, 2.05) is 41.1 Å². The maximum atomic E-state index is 14.0. The van der Waals surface area contributed by atoms with Crippen molar-refractivity contribution in [2.45, 2.75) is 104 Å². The number of anilines is 3. The van der Waals surface area contributed by atoms with Crippen molar-refractivity contribution in [3.63, 3.8) is 0 Å². The number of fused-ring (bicyclic) bond motifs is 1. The zero-order valence-corrected chi connectivity index (χ0v) is 24.9. The highest BCUT2D eigenvalue weighted by Crippen LogP contribution is 2.31. The molecule has 0 bridgehead atoms. The predicted molar refractivity (Wildman–Crippen MR) is 155 cm³/mol. The molecule has 11 nitrogen and oxygen atoms in total. The number of nitrogens with zero attached hydrogens (tertiary/aromatic N) is 7. The summed E-state index contributed by atoms with van der Waals surface area (Å²) in [5.41, 5.74) is 2.46. The van der Waals surface area contributed by atoms with E-state index in [2.05, 4.69) is 43.3 Å². The highest BCUT2D eigenvalue weighted by Gasteiger charge is 2.27. The monoisotopic (exact) mass is 557 g/mol. The number of unbranched alkanes of at least 4 members (excludes halogenated alkanes) is 2. The zero-order valence-electron chi connectivity index (χ0n) is 24.9. The van der Waals surface area contributed by atoms with Crippen LogP contribution in [0.25, 0.3) is 11.2 Å². The van der Waals surface area contributed by atoms with Crippen molar-refractivity contribution in [1.82, 2.24) is 34.6 Å². The number of imidazole rings is 1.